The van der Waals surface area contributed by atoms with Gasteiger partial charge in [0.2, 0.25) is 0 Å². The standard InChI is InChI=1S/C15H13BrClNOS/c1-8-6-12(20-15(8)16)13(18-2)11-7-9-4-3-5-10(17)14(9)19-11/h3-7,13,18H,1-2H3. The summed E-state index contributed by atoms with van der Waals surface area (Å²) in [6.07, 6.45) is 0. The molecule has 0 fully saturated rings. The van der Waals surface area contributed by atoms with E-state index >= 15 is 0 Å². The van der Waals surface area contributed by atoms with Crippen LogP contribution in [0.4, 0.5) is 0 Å². The number of aryl methyl sites for hydroxylation is 1. The topological polar surface area (TPSA) is 25.2 Å². The number of nitrogens with one attached hydrogen (secondary N) is 1. The average Bonchev–Trinajstić information content (AvgIpc) is 2.97. The molecule has 1 aromatic carbocycles. The van der Waals surface area contributed by atoms with E-state index in [2.05, 4.69) is 34.2 Å². The fourth-order valence-corrected chi connectivity index (χ4v) is 4.15. The van der Waals surface area contributed by atoms with E-state index in [9.17, 15) is 0 Å². The zero-order valence-electron chi connectivity index (χ0n) is 11.0. The molecular weight excluding hydrogens is 358 g/mol. The highest BCUT2D eigenvalue weighted by atomic mass is 79.9. The Morgan fingerprint density at radius 3 is 2.75 bits per heavy atom. The van der Waals surface area contributed by atoms with Gasteiger partial charge >= 0.3 is 0 Å². The van der Waals surface area contributed by atoms with Crippen molar-refractivity contribution in [3.05, 3.63) is 55.3 Å². The minimum absolute atomic E-state index is 0.0356. The van der Waals surface area contributed by atoms with E-state index in [0.29, 0.717) is 5.02 Å². The molecule has 1 N–H and O–H groups in total. The lowest BCUT2D eigenvalue weighted by Crippen LogP contribution is -2.15. The number of hydrogen-bond acceptors (Lipinski definition) is 3. The third-order valence-corrected chi connectivity index (χ3v) is 5.75. The van der Waals surface area contributed by atoms with Crippen LogP contribution in [0, 0.1) is 6.92 Å². The molecule has 0 aliphatic rings. The van der Waals surface area contributed by atoms with Gasteiger partial charge in [0.25, 0.3) is 0 Å². The molecule has 2 aromatic heterocycles. The van der Waals surface area contributed by atoms with Crippen molar-refractivity contribution in [1.82, 2.24) is 5.32 Å². The van der Waals surface area contributed by atoms with Gasteiger partial charge in [-0.25, -0.2) is 0 Å². The highest BCUT2D eigenvalue weighted by Gasteiger charge is 2.20. The van der Waals surface area contributed by atoms with E-state index in [1.807, 2.05) is 31.3 Å². The molecule has 0 saturated carbocycles. The van der Waals surface area contributed by atoms with Crippen LogP contribution in [0.15, 0.2) is 38.5 Å². The minimum Gasteiger partial charge on any atom is -0.457 e. The van der Waals surface area contributed by atoms with Gasteiger partial charge in [-0.05, 0) is 53.7 Å². The Morgan fingerprint density at radius 1 is 1.35 bits per heavy atom. The van der Waals surface area contributed by atoms with Crippen LogP contribution in [0.25, 0.3) is 11.0 Å². The summed E-state index contributed by atoms with van der Waals surface area (Å²) in [5, 5.41) is 4.98. The molecule has 0 bridgehead atoms. The van der Waals surface area contributed by atoms with Crippen molar-refractivity contribution in [3.8, 4) is 0 Å². The number of para-hydroxylation sites is 1. The Balaban J connectivity index is 2.09. The fourth-order valence-electron chi connectivity index (χ4n) is 2.24. The first-order valence-electron chi connectivity index (χ1n) is 6.21. The maximum atomic E-state index is 6.17. The molecule has 0 spiro atoms. The average molecular weight is 371 g/mol. The summed E-state index contributed by atoms with van der Waals surface area (Å²) in [5.74, 6) is 0.879. The second-order valence-corrected chi connectivity index (χ2v) is 7.44. The number of benzene rings is 1. The lowest BCUT2D eigenvalue weighted by molar-refractivity contribution is 0.495. The Morgan fingerprint density at radius 2 is 2.15 bits per heavy atom. The Kier molecular flexibility index (Phi) is 3.91. The quantitative estimate of drug-likeness (QED) is 0.656. The number of halogens is 2. The zero-order valence-corrected chi connectivity index (χ0v) is 14.2. The van der Waals surface area contributed by atoms with Gasteiger partial charge in [0.15, 0.2) is 5.58 Å². The molecule has 2 heterocycles. The molecule has 5 heteroatoms. The van der Waals surface area contributed by atoms with Gasteiger partial charge in [-0.2, -0.15) is 0 Å². The summed E-state index contributed by atoms with van der Waals surface area (Å²) >= 11 is 11.5. The van der Waals surface area contributed by atoms with Gasteiger partial charge in [-0.15, -0.1) is 11.3 Å². The summed E-state index contributed by atoms with van der Waals surface area (Å²) < 4.78 is 7.11. The SMILES string of the molecule is CNC(c1cc2cccc(Cl)c2o1)c1cc(C)c(Br)s1. The van der Waals surface area contributed by atoms with Gasteiger partial charge in [0.1, 0.15) is 11.8 Å². The number of thiophene rings is 1. The zero-order chi connectivity index (χ0) is 14.3. The fraction of sp³-hybridized carbons (Fsp3) is 0.200. The monoisotopic (exact) mass is 369 g/mol. The van der Waals surface area contributed by atoms with Crippen molar-refractivity contribution in [2.45, 2.75) is 13.0 Å². The predicted octanol–water partition coefficient (Wildman–Crippen LogP) is 5.53. The number of hydrogen-bond donors (Lipinski definition) is 1. The second-order valence-electron chi connectivity index (χ2n) is 4.63. The molecular formula is C15H13BrClNOS. The maximum absolute atomic E-state index is 6.17. The summed E-state index contributed by atoms with van der Waals surface area (Å²) in [4.78, 5) is 1.21. The molecule has 0 aliphatic heterocycles. The molecule has 104 valence electrons. The first-order chi connectivity index (χ1) is 9.60. The van der Waals surface area contributed by atoms with Crippen LogP contribution in [-0.4, -0.2) is 7.05 Å². The van der Waals surface area contributed by atoms with E-state index < -0.39 is 0 Å². The van der Waals surface area contributed by atoms with E-state index in [0.717, 1.165) is 20.5 Å². The molecule has 20 heavy (non-hydrogen) atoms. The van der Waals surface area contributed by atoms with Gasteiger partial charge in [-0.3, -0.25) is 0 Å². The Hall–Kier alpha value is -0.810. The second kappa shape index (κ2) is 5.53. The highest BCUT2D eigenvalue weighted by molar-refractivity contribution is 9.11. The third kappa shape index (κ3) is 2.42. The lowest BCUT2D eigenvalue weighted by atomic mass is 10.1. The first kappa shape index (κ1) is 14.1. The summed E-state index contributed by atoms with van der Waals surface area (Å²) in [7, 11) is 1.93. The molecule has 0 aliphatic carbocycles. The minimum atomic E-state index is 0.0356. The van der Waals surface area contributed by atoms with Crippen LogP contribution in [0.2, 0.25) is 5.02 Å². The van der Waals surface area contributed by atoms with Crippen LogP contribution < -0.4 is 5.32 Å². The number of rotatable bonds is 3. The van der Waals surface area contributed by atoms with Crippen molar-refractivity contribution in [2.24, 2.45) is 0 Å². The summed E-state index contributed by atoms with van der Waals surface area (Å²) in [6, 6.07) is 10.0. The van der Waals surface area contributed by atoms with Gasteiger partial charge in [0, 0.05) is 10.3 Å². The first-order valence-corrected chi connectivity index (χ1v) is 8.20. The maximum Gasteiger partial charge on any atom is 0.152 e. The molecule has 3 aromatic rings. The smallest absolute Gasteiger partial charge is 0.152 e. The van der Waals surface area contributed by atoms with Gasteiger partial charge in [-0.1, -0.05) is 23.7 Å². The molecule has 3 rings (SSSR count). The normalized spacial score (nSPS) is 13.0. The van der Waals surface area contributed by atoms with Crippen molar-refractivity contribution in [2.75, 3.05) is 7.05 Å². The van der Waals surface area contributed by atoms with Crippen molar-refractivity contribution >= 4 is 49.8 Å². The number of furan rings is 1. The Bertz CT molecular complexity index is 745. The van der Waals surface area contributed by atoms with Gasteiger partial charge < -0.3 is 9.73 Å². The van der Waals surface area contributed by atoms with Crippen LogP contribution in [0.1, 0.15) is 22.2 Å². The van der Waals surface area contributed by atoms with E-state index in [1.54, 1.807) is 11.3 Å². The molecule has 1 unspecified atom stereocenters. The highest BCUT2D eigenvalue weighted by Crippen LogP contribution is 2.37. The van der Waals surface area contributed by atoms with Gasteiger partial charge in [0.05, 0.1) is 8.81 Å². The lowest BCUT2D eigenvalue weighted by Gasteiger charge is -2.10. The van der Waals surface area contributed by atoms with Crippen molar-refractivity contribution < 1.29 is 4.42 Å². The van der Waals surface area contributed by atoms with E-state index in [4.69, 9.17) is 16.0 Å². The van der Waals surface area contributed by atoms with Crippen LogP contribution in [-0.2, 0) is 0 Å². The van der Waals surface area contributed by atoms with Crippen LogP contribution in [0.3, 0.4) is 0 Å². The molecule has 0 saturated heterocycles. The predicted molar refractivity (Wildman–Crippen MR) is 88.9 cm³/mol. The summed E-state index contributed by atoms with van der Waals surface area (Å²) in [6.45, 7) is 2.09. The molecule has 0 radical (unpaired) electrons. The number of fused-ring (bicyclic) bond motifs is 1. The summed E-state index contributed by atoms with van der Waals surface area (Å²) in [5.41, 5.74) is 1.98. The van der Waals surface area contributed by atoms with Crippen molar-refractivity contribution in [3.63, 3.8) is 0 Å². The van der Waals surface area contributed by atoms with Crippen LogP contribution in [0.5, 0.6) is 0 Å². The Labute approximate surface area is 134 Å². The largest absolute Gasteiger partial charge is 0.457 e. The van der Waals surface area contributed by atoms with Crippen molar-refractivity contribution in [1.29, 1.82) is 0 Å². The van der Waals surface area contributed by atoms with Crippen LogP contribution >= 0.6 is 38.9 Å². The van der Waals surface area contributed by atoms with E-state index in [-0.39, 0.29) is 6.04 Å². The third-order valence-electron chi connectivity index (χ3n) is 3.25. The molecule has 0 amide bonds. The molecule has 2 nitrogen and oxygen atoms in total. The van der Waals surface area contributed by atoms with E-state index in [1.165, 1.54) is 10.4 Å². The molecule has 1 atom stereocenters.